The van der Waals surface area contributed by atoms with Crippen LogP contribution in [0.1, 0.15) is 30.9 Å². The van der Waals surface area contributed by atoms with E-state index >= 15 is 0 Å². The van der Waals surface area contributed by atoms with E-state index in [9.17, 15) is 5.11 Å². The molecule has 2 unspecified atom stereocenters. The van der Waals surface area contributed by atoms with Gasteiger partial charge in [0.15, 0.2) is 0 Å². The molecule has 2 nitrogen and oxygen atoms in total. The molecule has 0 aromatic heterocycles. The number of halogens is 1. The van der Waals surface area contributed by atoms with E-state index in [0.29, 0.717) is 0 Å². The van der Waals surface area contributed by atoms with Gasteiger partial charge in [-0.25, -0.2) is 0 Å². The summed E-state index contributed by atoms with van der Waals surface area (Å²) in [6, 6.07) is 8.46. The van der Waals surface area contributed by atoms with Crippen molar-refractivity contribution in [3.05, 3.63) is 34.3 Å². The van der Waals surface area contributed by atoms with E-state index in [1.807, 2.05) is 18.2 Å². The fourth-order valence-electron chi connectivity index (χ4n) is 1.92. The zero-order valence-corrected chi connectivity index (χ0v) is 9.50. The average molecular weight is 256 g/mol. The minimum absolute atomic E-state index is 0.286. The second-order valence-corrected chi connectivity index (χ2v) is 4.54. The van der Waals surface area contributed by atoms with E-state index in [-0.39, 0.29) is 12.3 Å². The number of aliphatic hydroxyl groups is 1. The van der Waals surface area contributed by atoms with Crippen LogP contribution in [0.5, 0.6) is 0 Å². The smallest absolute Gasteiger partial charge is 0.105 e. The van der Waals surface area contributed by atoms with Crippen LogP contribution < -0.4 is 5.32 Å². The van der Waals surface area contributed by atoms with Crippen LogP contribution in [0.25, 0.3) is 0 Å². The second-order valence-electron chi connectivity index (χ2n) is 3.69. The number of piperidine rings is 1. The lowest BCUT2D eigenvalue weighted by atomic mass is 9.97. The molecule has 14 heavy (non-hydrogen) atoms. The van der Waals surface area contributed by atoms with E-state index in [1.54, 1.807) is 0 Å². The van der Waals surface area contributed by atoms with Crippen LogP contribution in [0.4, 0.5) is 0 Å². The third-order valence-corrected chi connectivity index (χ3v) is 3.37. The minimum atomic E-state index is -0.346. The van der Waals surface area contributed by atoms with E-state index < -0.39 is 0 Å². The largest absolute Gasteiger partial charge is 0.379 e. The molecule has 1 saturated heterocycles. The number of hydrogen-bond donors (Lipinski definition) is 2. The Bertz CT molecular complexity index is 316. The van der Waals surface area contributed by atoms with Crippen molar-refractivity contribution in [2.75, 3.05) is 0 Å². The summed E-state index contributed by atoms with van der Waals surface area (Å²) in [7, 11) is 0. The first-order valence-corrected chi connectivity index (χ1v) is 5.75. The van der Waals surface area contributed by atoms with Gasteiger partial charge in [-0.15, -0.1) is 0 Å². The Hall–Kier alpha value is -0.380. The molecule has 0 radical (unpaired) electrons. The van der Waals surface area contributed by atoms with Gasteiger partial charge >= 0.3 is 0 Å². The summed E-state index contributed by atoms with van der Waals surface area (Å²) in [6.07, 6.45) is 2.70. The molecular formula is C11H14BrNO. The molecule has 2 rings (SSSR count). The maximum atomic E-state index is 9.51. The van der Waals surface area contributed by atoms with Crippen LogP contribution in [-0.2, 0) is 0 Å². The number of benzene rings is 1. The molecule has 1 fully saturated rings. The molecule has 0 saturated carbocycles. The number of aliphatic hydroxyl groups excluding tert-OH is 1. The highest BCUT2D eigenvalue weighted by molar-refractivity contribution is 9.10. The van der Waals surface area contributed by atoms with E-state index in [4.69, 9.17) is 0 Å². The summed E-state index contributed by atoms with van der Waals surface area (Å²) < 4.78 is 1.12. The molecule has 1 aliphatic heterocycles. The molecule has 0 aliphatic carbocycles. The first-order chi connectivity index (χ1) is 6.77. The molecule has 3 heteroatoms. The van der Waals surface area contributed by atoms with Crippen molar-refractivity contribution in [3.63, 3.8) is 0 Å². The van der Waals surface area contributed by atoms with Crippen LogP contribution in [-0.4, -0.2) is 11.3 Å². The van der Waals surface area contributed by atoms with Gasteiger partial charge in [-0.2, -0.15) is 0 Å². The Morgan fingerprint density at radius 1 is 1.29 bits per heavy atom. The van der Waals surface area contributed by atoms with E-state index in [2.05, 4.69) is 27.3 Å². The molecule has 1 heterocycles. The topological polar surface area (TPSA) is 32.3 Å². The number of rotatable bonds is 1. The lowest BCUT2D eigenvalue weighted by Gasteiger charge is -2.28. The Morgan fingerprint density at radius 3 is 2.79 bits per heavy atom. The van der Waals surface area contributed by atoms with Crippen molar-refractivity contribution in [3.8, 4) is 0 Å². The minimum Gasteiger partial charge on any atom is -0.379 e. The second kappa shape index (κ2) is 4.43. The SMILES string of the molecule is OC1CCCC(c2ccccc2Br)N1. The lowest BCUT2D eigenvalue weighted by Crippen LogP contribution is -2.36. The van der Waals surface area contributed by atoms with Gasteiger partial charge in [-0.3, -0.25) is 5.32 Å². The number of hydrogen-bond acceptors (Lipinski definition) is 2. The van der Waals surface area contributed by atoms with Gasteiger partial charge in [-0.05, 0) is 30.9 Å². The zero-order valence-electron chi connectivity index (χ0n) is 7.91. The molecule has 0 spiro atoms. The lowest BCUT2D eigenvalue weighted by molar-refractivity contribution is 0.0851. The van der Waals surface area contributed by atoms with Crippen LogP contribution >= 0.6 is 15.9 Å². The summed E-state index contributed by atoms with van der Waals surface area (Å²) in [5, 5.41) is 12.7. The quantitative estimate of drug-likeness (QED) is 0.809. The molecule has 76 valence electrons. The highest BCUT2D eigenvalue weighted by Crippen LogP contribution is 2.29. The summed E-state index contributed by atoms with van der Waals surface area (Å²) in [6.45, 7) is 0. The summed E-state index contributed by atoms with van der Waals surface area (Å²) in [5.74, 6) is 0. The third-order valence-electron chi connectivity index (χ3n) is 2.64. The Kier molecular flexibility index (Phi) is 3.21. The summed E-state index contributed by atoms with van der Waals surface area (Å²) >= 11 is 3.53. The first kappa shape index (κ1) is 10.1. The van der Waals surface area contributed by atoms with Crippen molar-refractivity contribution < 1.29 is 5.11 Å². The van der Waals surface area contributed by atoms with Gasteiger partial charge in [0.25, 0.3) is 0 Å². The van der Waals surface area contributed by atoms with E-state index in [1.165, 1.54) is 5.56 Å². The Labute approximate surface area is 92.5 Å². The molecule has 2 atom stereocenters. The van der Waals surface area contributed by atoms with Crippen LogP contribution in [0.15, 0.2) is 28.7 Å². The van der Waals surface area contributed by atoms with E-state index in [0.717, 1.165) is 23.7 Å². The molecule has 1 aromatic carbocycles. The van der Waals surface area contributed by atoms with Gasteiger partial charge in [0.2, 0.25) is 0 Å². The highest BCUT2D eigenvalue weighted by Gasteiger charge is 2.21. The van der Waals surface area contributed by atoms with Crippen molar-refractivity contribution in [1.29, 1.82) is 0 Å². The van der Waals surface area contributed by atoms with Gasteiger partial charge in [0.1, 0.15) is 6.23 Å². The van der Waals surface area contributed by atoms with Crippen molar-refractivity contribution in [2.24, 2.45) is 0 Å². The normalized spacial score (nSPS) is 27.6. The Morgan fingerprint density at radius 2 is 2.07 bits per heavy atom. The summed E-state index contributed by atoms with van der Waals surface area (Å²) in [5.41, 5.74) is 1.24. The van der Waals surface area contributed by atoms with Crippen LogP contribution in [0.2, 0.25) is 0 Å². The summed E-state index contributed by atoms with van der Waals surface area (Å²) in [4.78, 5) is 0. The Balaban J connectivity index is 2.18. The van der Waals surface area contributed by atoms with Gasteiger partial charge < -0.3 is 5.11 Å². The van der Waals surface area contributed by atoms with Crippen molar-refractivity contribution in [2.45, 2.75) is 31.5 Å². The number of nitrogens with one attached hydrogen (secondary N) is 1. The molecule has 2 N–H and O–H groups in total. The van der Waals surface area contributed by atoms with Gasteiger partial charge in [0.05, 0.1) is 0 Å². The fourth-order valence-corrected chi connectivity index (χ4v) is 2.48. The van der Waals surface area contributed by atoms with Gasteiger partial charge in [-0.1, -0.05) is 34.1 Å². The van der Waals surface area contributed by atoms with Gasteiger partial charge in [0, 0.05) is 10.5 Å². The molecular weight excluding hydrogens is 242 g/mol. The maximum Gasteiger partial charge on any atom is 0.105 e. The third kappa shape index (κ3) is 2.16. The molecule has 1 aliphatic rings. The monoisotopic (exact) mass is 255 g/mol. The fraction of sp³-hybridized carbons (Fsp3) is 0.455. The van der Waals surface area contributed by atoms with Crippen molar-refractivity contribution in [1.82, 2.24) is 5.32 Å². The molecule has 0 amide bonds. The van der Waals surface area contributed by atoms with Crippen molar-refractivity contribution >= 4 is 15.9 Å². The standard InChI is InChI=1S/C11H14BrNO/c12-9-5-2-1-4-8(9)10-6-3-7-11(14)13-10/h1-2,4-5,10-11,13-14H,3,6-7H2. The maximum absolute atomic E-state index is 9.51. The molecule has 0 bridgehead atoms. The first-order valence-electron chi connectivity index (χ1n) is 4.96. The zero-order chi connectivity index (χ0) is 9.97. The predicted molar refractivity (Wildman–Crippen MR) is 59.9 cm³/mol. The predicted octanol–water partition coefficient (Wildman–Crippen LogP) is 2.58. The molecule has 1 aromatic rings. The highest BCUT2D eigenvalue weighted by atomic mass is 79.9. The van der Waals surface area contributed by atoms with Crippen LogP contribution in [0.3, 0.4) is 0 Å². The van der Waals surface area contributed by atoms with Crippen LogP contribution in [0, 0.1) is 0 Å². The average Bonchev–Trinajstić information content (AvgIpc) is 2.18.